The van der Waals surface area contributed by atoms with Gasteiger partial charge in [0.15, 0.2) is 0 Å². The van der Waals surface area contributed by atoms with Crippen LogP contribution in [-0.4, -0.2) is 43.2 Å². The summed E-state index contributed by atoms with van der Waals surface area (Å²) in [7, 11) is 0. The first-order valence-corrected chi connectivity index (χ1v) is 5.83. The van der Waals surface area contributed by atoms with Crippen molar-refractivity contribution in [3.63, 3.8) is 0 Å². The number of carbonyl (C=O) groups is 1. The molecule has 0 aromatic heterocycles. The summed E-state index contributed by atoms with van der Waals surface area (Å²) in [6, 6.07) is 0. The minimum Gasteiger partial charge on any atom is -0.375 e. The van der Waals surface area contributed by atoms with Gasteiger partial charge in [-0.1, -0.05) is 6.92 Å². The van der Waals surface area contributed by atoms with Crippen LogP contribution in [0.25, 0.3) is 0 Å². The van der Waals surface area contributed by atoms with Crippen molar-refractivity contribution < 1.29 is 9.53 Å². The maximum atomic E-state index is 12.2. The van der Waals surface area contributed by atoms with Crippen molar-refractivity contribution in [1.29, 1.82) is 0 Å². The number of carbonyl (C=O) groups excluding carboxylic acids is 1. The van der Waals surface area contributed by atoms with E-state index in [1.54, 1.807) is 0 Å². The normalized spacial score (nSPS) is 28.9. The van der Waals surface area contributed by atoms with Crippen LogP contribution in [0.4, 0.5) is 0 Å². The van der Waals surface area contributed by atoms with E-state index in [0.717, 1.165) is 32.4 Å². The molecule has 0 radical (unpaired) electrons. The smallest absolute Gasteiger partial charge is 0.230 e. The van der Waals surface area contributed by atoms with Crippen molar-refractivity contribution in [2.75, 3.05) is 26.2 Å². The third-order valence-corrected chi connectivity index (χ3v) is 3.58. The van der Waals surface area contributed by atoms with Crippen molar-refractivity contribution in [3.8, 4) is 0 Å². The number of rotatable bonds is 3. The number of ether oxygens (including phenoxy) is 1. The zero-order valence-corrected chi connectivity index (χ0v) is 9.37. The Balaban J connectivity index is 1.95. The molecule has 0 aromatic carbocycles. The highest BCUT2D eigenvalue weighted by Gasteiger charge is 2.50. The molecule has 1 amide bonds. The molecule has 0 bridgehead atoms. The Morgan fingerprint density at radius 1 is 1.60 bits per heavy atom. The predicted molar refractivity (Wildman–Crippen MR) is 57.3 cm³/mol. The summed E-state index contributed by atoms with van der Waals surface area (Å²) in [6.07, 6.45) is 3.13. The van der Waals surface area contributed by atoms with Gasteiger partial charge in [0.25, 0.3) is 0 Å². The maximum Gasteiger partial charge on any atom is 0.230 e. The Morgan fingerprint density at radius 3 is 2.87 bits per heavy atom. The minimum atomic E-state index is -0.199. The third-order valence-electron chi connectivity index (χ3n) is 3.58. The van der Waals surface area contributed by atoms with Gasteiger partial charge >= 0.3 is 0 Å². The number of nitrogens with two attached hydrogens (primary N) is 1. The molecule has 1 saturated carbocycles. The van der Waals surface area contributed by atoms with E-state index in [1.807, 2.05) is 4.90 Å². The Morgan fingerprint density at radius 2 is 2.33 bits per heavy atom. The molecule has 4 nitrogen and oxygen atoms in total. The van der Waals surface area contributed by atoms with E-state index in [2.05, 4.69) is 6.92 Å². The van der Waals surface area contributed by atoms with Gasteiger partial charge in [-0.15, -0.1) is 0 Å². The molecule has 15 heavy (non-hydrogen) atoms. The summed E-state index contributed by atoms with van der Waals surface area (Å²) in [5.41, 5.74) is 5.47. The van der Waals surface area contributed by atoms with Crippen LogP contribution in [0.15, 0.2) is 0 Å². The average molecular weight is 212 g/mol. The van der Waals surface area contributed by atoms with Gasteiger partial charge in [-0.3, -0.25) is 4.79 Å². The van der Waals surface area contributed by atoms with E-state index < -0.39 is 0 Å². The highest BCUT2D eigenvalue weighted by molar-refractivity contribution is 5.85. The summed E-state index contributed by atoms with van der Waals surface area (Å²) < 4.78 is 5.55. The lowest BCUT2D eigenvalue weighted by atomic mass is 10.0. The van der Waals surface area contributed by atoms with Crippen molar-refractivity contribution in [2.45, 2.75) is 32.3 Å². The van der Waals surface area contributed by atoms with Crippen molar-refractivity contribution >= 4 is 5.91 Å². The lowest BCUT2D eigenvalue weighted by Crippen LogP contribution is -2.49. The monoisotopic (exact) mass is 212 g/mol. The molecule has 2 rings (SSSR count). The van der Waals surface area contributed by atoms with Crippen LogP contribution >= 0.6 is 0 Å². The molecule has 2 aliphatic rings. The number of nitrogens with zero attached hydrogens (tertiary/aromatic N) is 1. The van der Waals surface area contributed by atoms with Gasteiger partial charge < -0.3 is 15.4 Å². The number of amides is 1. The van der Waals surface area contributed by atoms with E-state index in [4.69, 9.17) is 10.5 Å². The highest BCUT2D eigenvalue weighted by Crippen LogP contribution is 2.46. The van der Waals surface area contributed by atoms with Crippen LogP contribution in [0, 0.1) is 5.41 Å². The fourth-order valence-corrected chi connectivity index (χ4v) is 2.14. The van der Waals surface area contributed by atoms with Crippen LogP contribution in [0.3, 0.4) is 0 Å². The molecule has 1 aliphatic heterocycles. The summed E-state index contributed by atoms with van der Waals surface area (Å²) in [4.78, 5) is 14.1. The van der Waals surface area contributed by atoms with Crippen LogP contribution in [0.1, 0.15) is 26.2 Å². The molecule has 1 unspecified atom stereocenters. The summed E-state index contributed by atoms with van der Waals surface area (Å²) >= 11 is 0. The molecular formula is C11H20N2O2. The summed E-state index contributed by atoms with van der Waals surface area (Å²) in [5.74, 6) is 0.256. The van der Waals surface area contributed by atoms with E-state index in [1.165, 1.54) is 0 Å². The molecule has 0 spiro atoms. The van der Waals surface area contributed by atoms with E-state index >= 15 is 0 Å². The number of hydrogen-bond donors (Lipinski definition) is 1. The number of morpholine rings is 1. The molecular weight excluding hydrogens is 192 g/mol. The fourth-order valence-electron chi connectivity index (χ4n) is 2.14. The van der Waals surface area contributed by atoms with Gasteiger partial charge in [0.2, 0.25) is 5.91 Å². The maximum absolute atomic E-state index is 12.2. The Kier molecular flexibility index (Phi) is 2.98. The standard InChI is InChI=1S/C11H20N2O2/c1-2-9-7-13(5-6-15-9)10(14)11(8-12)3-4-11/h9H,2-8,12H2,1H3. The topological polar surface area (TPSA) is 55.6 Å². The molecule has 1 saturated heterocycles. The SMILES string of the molecule is CCC1CN(C(=O)C2(CN)CC2)CCO1. The second-order valence-corrected chi connectivity index (χ2v) is 4.64. The van der Waals surface area contributed by atoms with Gasteiger partial charge in [0.1, 0.15) is 0 Å². The fraction of sp³-hybridized carbons (Fsp3) is 0.909. The largest absolute Gasteiger partial charge is 0.375 e. The van der Waals surface area contributed by atoms with Crippen molar-refractivity contribution in [2.24, 2.45) is 11.1 Å². The second-order valence-electron chi connectivity index (χ2n) is 4.64. The average Bonchev–Trinajstić information content (AvgIpc) is 3.09. The third kappa shape index (κ3) is 2.01. The van der Waals surface area contributed by atoms with Gasteiger partial charge in [-0.2, -0.15) is 0 Å². The molecule has 0 aromatic rings. The molecule has 2 N–H and O–H groups in total. The minimum absolute atomic E-state index is 0.199. The first-order chi connectivity index (χ1) is 7.22. The van der Waals surface area contributed by atoms with Gasteiger partial charge in [0.05, 0.1) is 18.1 Å². The lowest BCUT2D eigenvalue weighted by Gasteiger charge is -2.34. The lowest BCUT2D eigenvalue weighted by molar-refractivity contribution is -0.144. The van der Waals surface area contributed by atoms with Gasteiger partial charge in [-0.25, -0.2) is 0 Å². The van der Waals surface area contributed by atoms with Gasteiger partial charge in [-0.05, 0) is 19.3 Å². The van der Waals surface area contributed by atoms with Crippen molar-refractivity contribution in [3.05, 3.63) is 0 Å². The van der Waals surface area contributed by atoms with Crippen LogP contribution in [0.2, 0.25) is 0 Å². The Bertz CT molecular complexity index is 251. The van der Waals surface area contributed by atoms with E-state index in [0.29, 0.717) is 13.2 Å². The zero-order chi connectivity index (χ0) is 10.9. The predicted octanol–water partition coefficient (Wildman–Crippen LogP) is 0.363. The molecule has 1 aliphatic carbocycles. The number of hydrogen-bond acceptors (Lipinski definition) is 3. The van der Waals surface area contributed by atoms with E-state index in [-0.39, 0.29) is 17.4 Å². The Hall–Kier alpha value is -0.610. The second kappa shape index (κ2) is 4.10. The highest BCUT2D eigenvalue weighted by atomic mass is 16.5. The quantitative estimate of drug-likeness (QED) is 0.735. The molecule has 1 heterocycles. The summed E-state index contributed by atoms with van der Waals surface area (Å²) in [5, 5.41) is 0. The van der Waals surface area contributed by atoms with Crippen molar-refractivity contribution in [1.82, 2.24) is 4.90 Å². The zero-order valence-electron chi connectivity index (χ0n) is 9.37. The van der Waals surface area contributed by atoms with Gasteiger partial charge in [0, 0.05) is 19.6 Å². The molecule has 2 fully saturated rings. The molecule has 86 valence electrons. The molecule has 4 heteroatoms. The van der Waals surface area contributed by atoms with E-state index in [9.17, 15) is 4.79 Å². The van der Waals surface area contributed by atoms with Crippen LogP contribution < -0.4 is 5.73 Å². The molecule has 1 atom stereocenters. The first-order valence-electron chi connectivity index (χ1n) is 5.83. The van der Waals surface area contributed by atoms with Crippen LogP contribution in [-0.2, 0) is 9.53 Å². The first kappa shape index (κ1) is 10.9. The summed E-state index contributed by atoms with van der Waals surface area (Å²) in [6.45, 7) is 4.74. The Labute approximate surface area is 90.8 Å². The van der Waals surface area contributed by atoms with Crippen LogP contribution in [0.5, 0.6) is 0 Å².